The second kappa shape index (κ2) is 7.35. The van der Waals surface area contributed by atoms with Crippen LogP contribution in [0.25, 0.3) is 0 Å². The minimum Gasteiger partial charge on any atom is -0.491 e. The van der Waals surface area contributed by atoms with Crippen LogP contribution in [0.5, 0.6) is 11.5 Å². The Bertz CT molecular complexity index is 711. The van der Waals surface area contributed by atoms with Crippen LogP contribution in [0.15, 0.2) is 36.8 Å². The highest BCUT2D eigenvalue weighted by atomic mass is 35.5. The van der Waals surface area contributed by atoms with Crippen molar-refractivity contribution in [2.45, 2.75) is 12.5 Å². The van der Waals surface area contributed by atoms with Gasteiger partial charge in [0.2, 0.25) is 0 Å². The van der Waals surface area contributed by atoms with E-state index in [0.717, 1.165) is 12.2 Å². The van der Waals surface area contributed by atoms with Gasteiger partial charge < -0.3 is 14.4 Å². The zero-order valence-electron chi connectivity index (χ0n) is 13.1. The first-order valence-corrected chi connectivity index (χ1v) is 7.85. The van der Waals surface area contributed by atoms with Crippen LogP contribution in [0.2, 0.25) is 5.02 Å². The number of hydrogen-bond acceptors (Lipinski definition) is 5. The third kappa shape index (κ3) is 3.86. The van der Waals surface area contributed by atoms with E-state index in [1.807, 2.05) is 12.1 Å². The van der Waals surface area contributed by atoms with Crippen LogP contribution in [0, 0.1) is 0 Å². The van der Waals surface area contributed by atoms with Gasteiger partial charge in [0, 0.05) is 18.0 Å². The van der Waals surface area contributed by atoms with Crippen LogP contribution in [0.1, 0.15) is 6.42 Å². The highest BCUT2D eigenvalue weighted by molar-refractivity contribution is 6.30. The lowest BCUT2D eigenvalue weighted by Crippen LogP contribution is -2.34. The Labute approximate surface area is 144 Å². The predicted molar refractivity (Wildman–Crippen MR) is 89.7 cm³/mol. The number of benzene rings is 1. The molecule has 1 atom stereocenters. The molecule has 24 heavy (non-hydrogen) atoms. The molecular weight excluding hydrogens is 332 g/mol. The third-order valence-electron chi connectivity index (χ3n) is 3.67. The van der Waals surface area contributed by atoms with Gasteiger partial charge in [0.25, 0.3) is 0 Å². The largest absolute Gasteiger partial charge is 0.491 e. The number of methoxy groups -OCH3 is 1. The van der Waals surface area contributed by atoms with Crippen LogP contribution in [0.4, 0.5) is 10.6 Å². The van der Waals surface area contributed by atoms with Gasteiger partial charge >= 0.3 is 6.03 Å². The van der Waals surface area contributed by atoms with Gasteiger partial charge in [-0.2, -0.15) is 0 Å². The molecule has 7 nitrogen and oxygen atoms in total. The number of hydrogen-bond donors (Lipinski definition) is 1. The lowest BCUT2D eigenvalue weighted by atomic mass is 10.3. The van der Waals surface area contributed by atoms with Crippen molar-refractivity contribution in [3.63, 3.8) is 0 Å². The van der Waals surface area contributed by atoms with E-state index in [9.17, 15) is 4.79 Å². The maximum Gasteiger partial charge on any atom is 0.323 e. The van der Waals surface area contributed by atoms with Crippen molar-refractivity contribution >= 4 is 23.4 Å². The number of nitrogens with one attached hydrogen (secondary N) is 1. The van der Waals surface area contributed by atoms with Crippen molar-refractivity contribution in [1.29, 1.82) is 0 Å². The molecule has 3 rings (SSSR count). The van der Waals surface area contributed by atoms with Crippen molar-refractivity contribution in [1.82, 2.24) is 14.9 Å². The number of carbonyl (C=O) groups is 1. The fourth-order valence-electron chi connectivity index (χ4n) is 2.45. The molecule has 2 aromatic rings. The van der Waals surface area contributed by atoms with Gasteiger partial charge in [-0.3, -0.25) is 5.32 Å². The van der Waals surface area contributed by atoms with Crippen LogP contribution >= 0.6 is 11.6 Å². The Morgan fingerprint density at radius 1 is 1.38 bits per heavy atom. The van der Waals surface area contributed by atoms with Crippen molar-refractivity contribution in [2.24, 2.45) is 0 Å². The fourth-order valence-corrected chi connectivity index (χ4v) is 2.58. The lowest BCUT2D eigenvalue weighted by Gasteiger charge is -2.18. The second-order valence-electron chi connectivity index (χ2n) is 5.30. The average Bonchev–Trinajstić information content (AvgIpc) is 3.06. The van der Waals surface area contributed by atoms with E-state index in [1.54, 1.807) is 17.0 Å². The zero-order chi connectivity index (χ0) is 16.9. The molecule has 8 heteroatoms. The maximum absolute atomic E-state index is 12.4. The Morgan fingerprint density at radius 3 is 2.92 bits per heavy atom. The summed E-state index contributed by atoms with van der Waals surface area (Å²) in [7, 11) is 1.50. The van der Waals surface area contributed by atoms with Crippen LogP contribution < -0.4 is 14.8 Å². The van der Waals surface area contributed by atoms with Gasteiger partial charge in [-0.15, -0.1) is 0 Å². The Morgan fingerprint density at radius 2 is 2.17 bits per heavy atom. The summed E-state index contributed by atoms with van der Waals surface area (Å²) in [4.78, 5) is 21.9. The monoisotopic (exact) mass is 348 g/mol. The van der Waals surface area contributed by atoms with Crippen molar-refractivity contribution in [2.75, 3.05) is 25.5 Å². The average molecular weight is 349 g/mol. The van der Waals surface area contributed by atoms with Crippen LogP contribution in [-0.2, 0) is 0 Å². The summed E-state index contributed by atoms with van der Waals surface area (Å²) < 4.78 is 11.0. The second-order valence-corrected chi connectivity index (χ2v) is 5.73. The first kappa shape index (κ1) is 16.3. The number of carbonyl (C=O) groups excluding carboxylic acids is 1. The quantitative estimate of drug-likeness (QED) is 0.919. The van der Waals surface area contributed by atoms with E-state index in [-0.39, 0.29) is 12.1 Å². The molecule has 1 N–H and O–H groups in total. The van der Waals surface area contributed by atoms with Gasteiger partial charge in [-0.1, -0.05) is 11.6 Å². The number of urea groups is 1. The summed E-state index contributed by atoms with van der Waals surface area (Å²) in [6.07, 6.45) is 3.56. The number of nitrogens with zero attached hydrogens (tertiary/aromatic N) is 3. The van der Waals surface area contributed by atoms with E-state index in [2.05, 4.69) is 15.3 Å². The van der Waals surface area contributed by atoms with Crippen molar-refractivity contribution in [3.8, 4) is 11.5 Å². The normalized spacial score (nSPS) is 16.8. The molecule has 0 saturated carbocycles. The highest BCUT2D eigenvalue weighted by Crippen LogP contribution is 2.23. The Balaban J connectivity index is 1.56. The number of aromatic nitrogens is 2. The van der Waals surface area contributed by atoms with E-state index in [1.165, 1.54) is 19.6 Å². The summed E-state index contributed by atoms with van der Waals surface area (Å²) >= 11 is 5.86. The molecule has 0 spiro atoms. The first-order chi connectivity index (χ1) is 11.7. The molecule has 1 saturated heterocycles. The molecule has 0 radical (unpaired) electrons. The van der Waals surface area contributed by atoms with Gasteiger partial charge in [-0.05, 0) is 24.3 Å². The number of ether oxygens (including phenoxy) is 2. The lowest BCUT2D eigenvalue weighted by molar-refractivity contribution is 0.194. The zero-order valence-corrected chi connectivity index (χ0v) is 13.9. The molecular formula is C16H17ClN4O3. The van der Waals surface area contributed by atoms with E-state index in [0.29, 0.717) is 29.7 Å². The summed E-state index contributed by atoms with van der Waals surface area (Å²) in [5.41, 5.74) is 0. The number of anilines is 1. The molecule has 1 unspecified atom stereocenters. The SMILES string of the molecule is COc1cncnc1NC(=O)N1CCC(Oc2ccc(Cl)cc2)C1. The van der Waals surface area contributed by atoms with Crippen molar-refractivity contribution < 1.29 is 14.3 Å². The summed E-state index contributed by atoms with van der Waals surface area (Å²) in [6, 6.07) is 6.94. The first-order valence-electron chi connectivity index (χ1n) is 7.48. The molecule has 1 fully saturated rings. The maximum atomic E-state index is 12.4. The van der Waals surface area contributed by atoms with Crippen molar-refractivity contribution in [3.05, 3.63) is 41.8 Å². The minimum atomic E-state index is -0.241. The summed E-state index contributed by atoms with van der Waals surface area (Å²) in [6.45, 7) is 1.11. The number of halogens is 1. The molecule has 2 amide bonds. The molecule has 0 bridgehead atoms. The number of rotatable bonds is 4. The highest BCUT2D eigenvalue weighted by Gasteiger charge is 2.28. The third-order valence-corrected chi connectivity index (χ3v) is 3.92. The standard InChI is InChI=1S/C16H17ClN4O3/c1-23-14-8-18-10-19-15(14)20-16(22)21-7-6-13(9-21)24-12-4-2-11(17)3-5-12/h2-5,8,10,13H,6-7,9H2,1H3,(H,18,19,20,22). The molecule has 1 aliphatic rings. The minimum absolute atomic E-state index is 0.0516. The van der Waals surface area contributed by atoms with Crippen LogP contribution in [-0.4, -0.2) is 47.2 Å². The number of amides is 2. The van der Waals surface area contributed by atoms with Gasteiger partial charge in [0.15, 0.2) is 11.6 Å². The fraction of sp³-hybridized carbons (Fsp3) is 0.312. The smallest absolute Gasteiger partial charge is 0.323 e. The summed E-state index contributed by atoms with van der Waals surface area (Å²) in [5, 5.41) is 3.39. The molecule has 1 aliphatic heterocycles. The van der Waals surface area contributed by atoms with E-state index < -0.39 is 0 Å². The molecule has 1 aromatic heterocycles. The molecule has 0 aliphatic carbocycles. The van der Waals surface area contributed by atoms with Crippen LogP contribution in [0.3, 0.4) is 0 Å². The molecule has 2 heterocycles. The number of likely N-dealkylation sites (tertiary alicyclic amines) is 1. The van der Waals surface area contributed by atoms with Gasteiger partial charge in [0.05, 0.1) is 19.9 Å². The van der Waals surface area contributed by atoms with E-state index >= 15 is 0 Å². The van der Waals surface area contributed by atoms with E-state index in [4.69, 9.17) is 21.1 Å². The van der Waals surface area contributed by atoms with Gasteiger partial charge in [0.1, 0.15) is 18.2 Å². The predicted octanol–water partition coefficient (Wildman–Crippen LogP) is 2.82. The molecule has 126 valence electrons. The Hall–Kier alpha value is -2.54. The molecule has 1 aromatic carbocycles. The summed E-state index contributed by atoms with van der Waals surface area (Å²) in [5.74, 6) is 1.50. The Kier molecular flexibility index (Phi) is 5.00. The van der Waals surface area contributed by atoms with Gasteiger partial charge in [-0.25, -0.2) is 14.8 Å². The topological polar surface area (TPSA) is 76.6 Å².